The number of hydrogen-bond acceptors (Lipinski definition) is 1. The van der Waals surface area contributed by atoms with Crippen molar-refractivity contribution in [3.8, 4) is 0 Å². The summed E-state index contributed by atoms with van der Waals surface area (Å²) < 4.78 is 1.05. The van der Waals surface area contributed by atoms with E-state index in [1.807, 2.05) is 55.5 Å². The minimum Gasteiger partial charge on any atom is -0.349 e. The van der Waals surface area contributed by atoms with Crippen molar-refractivity contribution in [2.45, 2.75) is 19.4 Å². The molecule has 2 aromatic rings. The van der Waals surface area contributed by atoms with Crippen molar-refractivity contribution in [2.24, 2.45) is 0 Å². The Hall–Kier alpha value is -1.07. The van der Waals surface area contributed by atoms with Crippen LogP contribution in [0.2, 0.25) is 5.02 Å². The van der Waals surface area contributed by atoms with E-state index in [1.54, 1.807) is 0 Å². The van der Waals surface area contributed by atoms with Gasteiger partial charge in [-0.15, -0.1) is 0 Å². The largest absolute Gasteiger partial charge is 0.349 e. The quantitative estimate of drug-likeness (QED) is 0.763. The molecule has 0 spiro atoms. The SMILES string of the molecule is CC(Cc1cccc(Cl)c1)NC(=O)c1cccc(I)c1. The zero-order chi connectivity index (χ0) is 14.5. The molecule has 0 aliphatic carbocycles. The zero-order valence-corrected chi connectivity index (χ0v) is 14.0. The first-order valence-electron chi connectivity index (χ1n) is 6.35. The van der Waals surface area contributed by atoms with Crippen LogP contribution >= 0.6 is 34.2 Å². The number of halogens is 2. The van der Waals surface area contributed by atoms with Gasteiger partial charge in [0, 0.05) is 20.2 Å². The number of carbonyl (C=O) groups is 1. The monoisotopic (exact) mass is 399 g/mol. The van der Waals surface area contributed by atoms with Crippen LogP contribution in [0.3, 0.4) is 0 Å². The highest BCUT2D eigenvalue weighted by Crippen LogP contribution is 2.13. The number of amides is 1. The fourth-order valence-electron chi connectivity index (χ4n) is 2.01. The van der Waals surface area contributed by atoms with Gasteiger partial charge < -0.3 is 5.32 Å². The summed E-state index contributed by atoms with van der Waals surface area (Å²) in [5.74, 6) is -0.0435. The molecule has 4 heteroatoms. The van der Waals surface area contributed by atoms with Crippen molar-refractivity contribution in [3.63, 3.8) is 0 Å². The Morgan fingerprint density at radius 3 is 2.70 bits per heavy atom. The number of rotatable bonds is 4. The van der Waals surface area contributed by atoms with E-state index in [0.717, 1.165) is 20.6 Å². The minimum atomic E-state index is -0.0435. The number of hydrogen-bond donors (Lipinski definition) is 1. The molecule has 1 amide bonds. The van der Waals surface area contributed by atoms with E-state index in [-0.39, 0.29) is 11.9 Å². The van der Waals surface area contributed by atoms with Gasteiger partial charge in [0.15, 0.2) is 0 Å². The summed E-state index contributed by atoms with van der Waals surface area (Å²) in [5, 5.41) is 3.73. The topological polar surface area (TPSA) is 29.1 Å². The third kappa shape index (κ3) is 4.49. The van der Waals surface area contributed by atoms with E-state index in [0.29, 0.717) is 5.56 Å². The van der Waals surface area contributed by atoms with E-state index in [9.17, 15) is 4.79 Å². The van der Waals surface area contributed by atoms with Gasteiger partial charge in [0.2, 0.25) is 0 Å². The molecule has 0 bridgehead atoms. The molecule has 2 nitrogen and oxygen atoms in total. The lowest BCUT2D eigenvalue weighted by atomic mass is 10.1. The predicted octanol–water partition coefficient (Wildman–Crippen LogP) is 4.31. The van der Waals surface area contributed by atoms with Crippen LogP contribution in [0.1, 0.15) is 22.8 Å². The van der Waals surface area contributed by atoms with Gasteiger partial charge in [-0.3, -0.25) is 4.79 Å². The lowest BCUT2D eigenvalue weighted by Crippen LogP contribution is -2.34. The van der Waals surface area contributed by atoms with Gasteiger partial charge in [-0.25, -0.2) is 0 Å². The molecule has 0 aromatic heterocycles. The van der Waals surface area contributed by atoms with Crippen molar-refractivity contribution in [2.75, 3.05) is 0 Å². The maximum Gasteiger partial charge on any atom is 0.251 e. The highest BCUT2D eigenvalue weighted by atomic mass is 127. The zero-order valence-electron chi connectivity index (χ0n) is 11.1. The first kappa shape index (κ1) is 15.3. The van der Waals surface area contributed by atoms with Crippen LogP contribution in [-0.2, 0) is 6.42 Å². The first-order valence-corrected chi connectivity index (χ1v) is 7.81. The molecule has 104 valence electrons. The van der Waals surface area contributed by atoms with Gasteiger partial charge in [-0.05, 0) is 71.8 Å². The molecule has 0 saturated carbocycles. The van der Waals surface area contributed by atoms with E-state index >= 15 is 0 Å². The maximum absolute atomic E-state index is 12.1. The Balaban J connectivity index is 1.97. The Kier molecular flexibility index (Phi) is 5.43. The molecule has 0 fully saturated rings. The van der Waals surface area contributed by atoms with Gasteiger partial charge in [-0.1, -0.05) is 29.8 Å². The molecular formula is C16H15ClINO. The standard InChI is InChI=1S/C16H15ClINO/c1-11(8-12-4-2-6-14(17)9-12)19-16(20)13-5-3-7-15(18)10-13/h2-7,9-11H,8H2,1H3,(H,19,20). The fraction of sp³-hybridized carbons (Fsp3) is 0.188. The molecule has 2 rings (SSSR count). The van der Waals surface area contributed by atoms with E-state index in [4.69, 9.17) is 11.6 Å². The van der Waals surface area contributed by atoms with Crippen LogP contribution in [0, 0.1) is 3.57 Å². The molecule has 1 N–H and O–H groups in total. The second-order valence-corrected chi connectivity index (χ2v) is 6.40. The smallest absolute Gasteiger partial charge is 0.251 e. The summed E-state index contributed by atoms with van der Waals surface area (Å²) in [6, 6.07) is 15.3. The first-order chi connectivity index (χ1) is 9.54. The minimum absolute atomic E-state index is 0.0435. The van der Waals surface area contributed by atoms with Crippen LogP contribution in [0.15, 0.2) is 48.5 Å². The van der Waals surface area contributed by atoms with Gasteiger partial charge in [0.1, 0.15) is 0 Å². The molecule has 0 saturated heterocycles. The Morgan fingerprint density at radius 1 is 1.25 bits per heavy atom. The van der Waals surface area contributed by atoms with E-state index in [2.05, 4.69) is 27.9 Å². The summed E-state index contributed by atoms with van der Waals surface area (Å²) >= 11 is 8.16. The molecule has 0 heterocycles. The predicted molar refractivity (Wildman–Crippen MR) is 91.2 cm³/mol. The van der Waals surface area contributed by atoms with Crippen molar-refractivity contribution in [3.05, 3.63) is 68.3 Å². The van der Waals surface area contributed by atoms with Gasteiger partial charge >= 0.3 is 0 Å². The van der Waals surface area contributed by atoms with Gasteiger partial charge in [0.25, 0.3) is 5.91 Å². The van der Waals surface area contributed by atoms with E-state index in [1.165, 1.54) is 0 Å². The normalized spacial score (nSPS) is 11.9. The van der Waals surface area contributed by atoms with Crippen LogP contribution in [0.25, 0.3) is 0 Å². The van der Waals surface area contributed by atoms with E-state index < -0.39 is 0 Å². The molecule has 0 aliphatic rings. The van der Waals surface area contributed by atoms with Gasteiger partial charge in [-0.2, -0.15) is 0 Å². The molecular weight excluding hydrogens is 385 g/mol. The molecule has 0 radical (unpaired) electrons. The Bertz CT molecular complexity index is 615. The van der Waals surface area contributed by atoms with Crippen LogP contribution < -0.4 is 5.32 Å². The van der Waals surface area contributed by atoms with Crippen molar-refractivity contribution >= 4 is 40.1 Å². The van der Waals surface area contributed by atoms with Gasteiger partial charge in [0.05, 0.1) is 0 Å². The lowest BCUT2D eigenvalue weighted by molar-refractivity contribution is 0.0940. The molecule has 1 atom stereocenters. The molecule has 0 aliphatic heterocycles. The lowest BCUT2D eigenvalue weighted by Gasteiger charge is -2.14. The van der Waals surface area contributed by atoms with Crippen LogP contribution in [-0.4, -0.2) is 11.9 Å². The van der Waals surface area contributed by atoms with Crippen molar-refractivity contribution in [1.82, 2.24) is 5.32 Å². The highest BCUT2D eigenvalue weighted by molar-refractivity contribution is 14.1. The van der Waals surface area contributed by atoms with Crippen LogP contribution in [0.4, 0.5) is 0 Å². The van der Waals surface area contributed by atoms with Crippen molar-refractivity contribution in [1.29, 1.82) is 0 Å². The highest BCUT2D eigenvalue weighted by Gasteiger charge is 2.10. The van der Waals surface area contributed by atoms with Crippen LogP contribution in [0.5, 0.6) is 0 Å². The average Bonchev–Trinajstić information content (AvgIpc) is 2.38. The Labute approximate surface area is 137 Å². The fourth-order valence-corrected chi connectivity index (χ4v) is 2.76. The number of carbonyl (C=O) groups excluding carboxylic acids is 1. The second-order valence-electron chi connectivity index (χ2n) is 4.72. The summed E-state index contributed by atoms with van der Waals surface area (Å²) in [5.41, 5.74) is 1.81. The summed E-state index contributed by atoms with van der Waals surface area (Å²) in [6.45, 7) is 1.99. The molecule has 20 heavy (non-hydrogen) atoms. The average molecular weight is 400 g/mol. The second kappa shape index (κ2) is 7.09. The number of nitrogens with one attached hydrogen (secondary N) is 1. The Morgan fingerprint density at radius 2 is 2.00 bits per heavy atom. The summed E-state index contributed by atoms with van der Waals surface area (Å²) in [4.78, 5) is 12.1. The van der Waals surface area contributed by atoms with Crippen molar-refractivity contribution < 1.29 is 4.79 Å². The summed E-state index contributed by atoms with van der Waals surface area (Å²) in [7, 11) is 0. The molecule has 1 unspecified atom stereocenters. The third-order valence-corrected chi connectivity index (χ3v) is 3.80. The summed E-state index contributed by atoms with van der Waals surface area (Å²) in [6.07, 6.45) is 0.760. The third-order valence-electron chi connectivity index (χ3n) is 2.90. The molecule has 2 aromatic carbocycles. The number of benzene rings is 2. The maximum atomic E-state index is 12.1.